The third-order valence-electron chi connectivity index (χ3n) is 17.1. The van der Waals surface area contributed by atoms with Crippen LogP contribution in [0.1, 0.15) is 138 Å². The van der Waals surface area contributed by atoms with Gasteiger partial charge in [-0.15, -0.1) is 11.3 Å². The maximum Gasteiger partial charge on any atom is 0.104 e. The maximum absolute atomic E-state index is 6.49. The lowest BCUT2D eigenvalue weighted by Crippen LogP contribution is -2.12. The maximum atomic E-state index is 6.49. The highest BCUT2D eigenvalue weighted by atomic mass is 32.1. The molecule has 4 fully saturated rings. The highest BCUT2D eigenvalue weighted by Gasteiger charge is 2.26. The first-order chi connectivity index (χ1) is 43.1. The van der Waals surface area contributed by atoms with Crippen molar-refractivity contribution < 1.29 is 37.9 Å². The molecule has 4 saturated heterocycles. The standard InChI is InChI=1S/C76H94N2O8S/c1-2-3-10-20-74(86-57-73-56-85-73)61-27-39-67(40-28-61)78(66-37-25-60(26-38-66)19-13-6-9-16-49-81-52-72-55-84-72)69-43-31-63(32-44-69)76-46-45-75(87-76)62-29-41-68(42-30-62)77(64-33-21-58(22-34-64)17-11-4-7-14-47-79-50-70-53-82-70)65-35-23-59(24-36-65)18-12-5-8-15-48-80-51-71-54-83-71/h21-46,70-74H,2-20,47-57H2,1H3. The number of aryl methyl sites for hydroxylation is 3. The van der Waals surface area contributed by atoms with Crippen molar-refractivity contribution in [3.8, 4) is 20.9 Å². The van der Waals surface area contributed by atoms with Crippen LogP contribution in [0.15, 0.2) is 158 Å². The molecule has 5 heterocycles. The summed E-state index contributed by atoms with van der Waals surface area (Å²) in [7, 11) is 0. The fourth-order valence-electron chi connectivity index (χ4n) is 11.5. The molecule has 0 radical (unpaired) electrons. The van der Waals surface area contributed by atoms with Crippen molar-refractivity contribution in [2.24, 2.45) is 0 Å². The summed E-state index contributed by atoms with van der Waals surface area (Å²) in [6, 6.07) is 59.7. The summed E-state index contributed by atoms with van der Waals surface area (Å²) in [5.74, 6) is 0. The van der Waals surface area contributed by atoms with Crippen LogP contribution in [0.3, 0.4) is 0 Å². The number of rotatable bonds is 43. The van der Waals surface area contributed by atoms with E-state index in [-0.39, 0.29) is 12.2 Å². The Hall–Kier alpha value is -5.70. The first kappa shape index (κ1) is 62.9. The van der Waals surface area contributed by atoms with E-state index in [1.807, 2.05) is 11.3 Å². The summed E-state index contributed by atoms with van der Waals surface area (Å²) in [6.07, 6.45) is 23.3. The number of epoxide rings is 4. The molecule has 0 saturated carbocycles. The number of hydrogen-bond acceptors (Lipinski definition) is 11. The Kier molecular flexibility index (Phi) is 24.4. The van der Waals surface area contributed by atoms with Gasteiger partial charge in [0.05, 0.1) is 59.0 Å². The molecule has 0 aliphatic carbocycles. The van der Waals surface area contributed by atoms with Crippen molar-refractivity contribution in [3.63, 3.8) is 0 Å². The van der Waals surface area contributed by atoms with Gasteiger partial charge in [0.2, 0.25) is 0 Å². The minimum Gasteiger partial charge on any atom is -0.379 e. The van der Waals surface area contributed by atoms with Gasteiger partial charge in [-0.05, 0) is 183 Å². The molecule has 0 bridgehead atoms. The van der Waals surface area contributed by atoms with Crippen LogP contribution in [-0.2, 0) is 57.2 Å². The smallest absolute Gasteiger partial charge is 0.104 e. The Labute approximate surface area is 523 Å². The zero-order valence-electron chi connectivity index (χ0n) is 51.7. The van der Waals surface area contributed by atoms with Crippen LogP contribution in [0.25, 0.3) is 20.9 Å². The second-order valence-electron chi connectivity index (χ2n) is 24.4. The molecule has 0 amide bonds. The Morgan fingerprint density at radius 2 is 0.690 bits per heavy atom. The zero-order chi connectivity index (χ0) is 59.1. The van der Waals surface area contributed by atoms with Crippen molar-refractivity contribution in [1.29, 1.82) is 0 Å². The van der Waals surface area contributed by atoms with Crippen LogP contribution in [0.2, 0.25) is 0 Å². The number of benzene rings is 6. The molecule has 5 atom stereocenters. The first-order valence-corrected chi connectivity index (χ1v) is 34.0. The van der Waals surface area contributed by atoms with E-state index in [1.165, 1.54) is 114 Å². The normalized spacial score (nSPS) is 17.8. The molecule has 0 spiro atoms. The average molecular weight is 1200 g/mol. The molecule has 5 unspecified atom stereocenters. The molecule has 462 valence electrons. The van der Waals surface area contributed by atoms with Crippen molar-refractivity contribution >= 4 is 45.5 Å². The van der Waals surface area contributed by atoms with Crippen LogP contribution in [0.5, 0.6) is 0 Å². The Morgan fingerprint density at radius 1 is 0.368 bits per heavy atom. The highest BCUT2D eigenvalue weighted by molar-refractivity contribution is 7.18. The lowest BCUT2D eigenvalue weighted by molar-refractivity contribution is 0.0347. The predicted octanol–water partition coefficient (Wildman–Crippen LogP) is 18.6. The van der Waals surface area contributed by atoms with Crippen LogP contribution in [0.4, 0.5) is 34.1 Å². The molecule has 4 aliphatic heterocycles. The number of nitrogens with zero attached hydrogens (tertiary/aromatic N) is 2. The summed E-state index contributed by atoms with van der Waals surface area (Å²) >= 11 is 1.85. The molecule has 87 heavy (non-hydrogen) atoms. The van der Waals surface area contributed by atoms with Gasteiger partial charge in [-0.2, -0.15) is 0 Å². The largest absolute Gasteiger partial charge is 0.379 e. The first-order valence-electron chi connectivity index (χ1n) is 33.2. The van der Waals surface area contributed by atoms with E-state index in [9.17, 15) is 0 Å². The van der Waals surface area contributed by atoms with E-state index in [4.69, 9.17) is 37.9 Å². The van der Waals surface area contributed by atoms with Crippen molar-refractivity contribution in [3.05, 3.63) is 180 Å². The molecule has 0 N–H and O–H groups in total. The lowest BCUT2D eigenvalue weighted by Gasteiger charge is -2.27. The van der Waals surface area contributed by atoms with Gasteiger partial charge in [-0.1, -0.05) is 138 Å². The van der Waals surface area contributed by atoms with Gasteiger partial charge in [0.1, 0.15) is 24.4 Å². The summed E-state index contributed by atoms with van der Waals surface area (Å²) in [5.41, 5.74) is 14.6. The summed E-state index contributed by atoms with van der Waals surface area (Å²) in [6.45, 7) is 11.0. The van der Waals surface area contributed by atoms with E-state index in [0.29, 0.717) is 24.9 Å². The molecule has 7 aromatic rings. The molecule has 1 aromatic heterocycles. The average Bonchev–Trinajstić information content (AvgIpc) is 2.66. The minimum absolute atomic E-state index is 0.0609. The molecular formula is C76H94N2O8S. The third kappa shape index (κ3) is 20.7. The molecule has 10 nitrogen and oxygen atoms in total. The topological polar surface area (TPSA) is 93.5 Å². The summed E-state index contributed by atoms with van der Waals surface area (Å²) in [4.78, 5) is 7.29. The molecule has 11 heteroatoms. The number of ether oxygens (including phenoxy) is 8. The van der Waals surface area contributed by atoms with Crippen LogP contribution < -0.4 is 9.80 Å². The van der Waals surface area contributed by atoms with E-state index < -0.39 is 0 Å². The molecular weight excluding hydrogens is 1100 g/mol. The van der Waals surface area contributed by atoms with E-state index >= 15 is 0 Å². The Morgan fingerprint density at radius 3 is 1.03 bits per heavy atom. The van der Waals surface area contributed by atoms with Gasteiger partial charge < -0.3 is 47.7 Å². The monoisotopic (exact) mass is 1190 g/mol. The second-order valence-corrected chi connectivity index (χ2v) is 25.5. The van der Waals surface area contributed by atoms with E-state index in [0.717, 1.165) is 152 Å². The van der Waals surface area contributed by atoms with Gasteiger partial charge in [0.25, 0.3) is 0 Å². The van der Waals surface area contributed by atoms with E-state index in [1.54, 1.807) is 0 Å². The minimum atomic E-state index is 0.0609. The number of thiophene rings is 1. The molecule has 6 aromatic carbocycles. The fraction of sp³-hybridized carbons (Fsp3) is 0.474. The molecule has 4 aliphatic rings. The Balaban J connectivity index is 0.753. The van der Waals surface area contributed by atoms with Crippen LogP contribution >= 0.6 is 11.3 Å². The number of anilines is 6. The number of unbranched alkanes of at least 4 members (excludes halogenated alkanes) is 11. The molecule has 11 rings (SSSR count). The quantitative estimate of drug-likeness (QED) is 0.0272. The third-order valence-corrected chi connectivity index (χ3v) is 18.3. The Bertz CT molecular complexity index is 2970. The SMILES string of the molecule is CCCCCC(OCC1CO1)c1ccc(N(c2ccc(CCCCCCOCC3CO3)cc2)c2ccc(-c3ccc(-c4ccc(N(c5ccc(CCCCCCOCC6CO6)cc5)c5ccc(CCCCCCOCC6CO6)cc5)cc4)s3)cc2)cc1. The van der Waals surface area contributed by atoms with Crippen molar-refractivity contribution in [2.45, 2.75) is 159 Å². The van der Waals surface area contributed by atoms with Crippen molar-refractivity contribution in [1.82, 2.24) is 0 Å². The van der Waals surface area contributed by atoms with E-state index in [2.05, 4.69) is 174 Å². The summed E-state index contributed by atoms with van der Waals surface area (Å²) < 4.78 is 45.1. The van der Waals surface area contributed by atoms with Crippen LogP contribution in [-0.4, -0.2) is 97.1 Å². The van der Waals surface area contributed by atoms with Gasteiger partial charge in [-0.3, -0.25) is 0 Å². The lowest BCUT2D eigenvalue weighted by atomic mass is 10.0. The van der Waals surface area contributed by atoms with Crippen molar-refractivity contribution in [2.75, 3.05) is 82.5 Å². The second kappa shape index (κ2) is 33.8. The van der Waals surface area contributed by atoms with Gasteiger partial charge in [0.15, 0.2) is 0 Å². The van der Waals surface area contributed by atoms with Crippen LogP contribution in [0, 0.1) is 0 Å². The highest BCUT2D eigenvalue weighted by Crippen LogP contribution is 2.42. The van der Waals surface area contributed by atoms with Gasteiger partial charge in [-0.25, -0.2) is 0 Å². The van der Waals surface area contributed by atoms with Gasteiger partial charge >= 0.3 is 0 Å². The van der Waals surface area contributed by atoms with Gasteiger partial charge in [0, 0.05) is 63.7 Å². The summed E-state index contributed by atoms with van der Waals surface area (Å²) in [5, 5.41) is 0. The fourth-order valence-corrected chi connectivity index (χ4v) is 12.5. The predicted molar refractivity (Wildman–Crippen MR) is 355 cm³/mol. The zero-order valence-corrected chi connectivity index (χ0v) is 52.5. The number of hydrogen-bond donors (Lipinski definition) is 0.